The number of nitrogens with one attached hydrogen (secondary N) is 2. The smallest absolute Gasteiger partial charge is 0.0738 e. The highest BCUT2D eigenvalue weighted by molar-refractivity contribution is 6.01. The number of H-pyrrole nitrogens is 2. The Morgan fingerprint density at radius 2 is 0.875 bits per heavy atom. The van der Waals surface area contributed by atoms with Gasteiger partial charge in [-0.3, -0.25) is 0 Å². The lowest BCUT2D eigenvalue weighted by atomic mass is 9.99. The van der Waals surface area contributed by atoms with Crippen LogP contribution >= 0.6 is 0 Å². The van der Waals surface area contributed by atoms with E-state index in [4.69, 9.17) is 9.97 Å². The van der Waals surface area contributed by atoms with Crippen molar-refractivity contribution in [1.82, 2.24) is 19.9 Å². The fourth-order valence-electron chi connectivity index (χ4n) is 6.72. The Morgan fingerprint density at radius 1 is 0.417 bits per heavy atom. The van der Waals surface area contributed by atoms with Gasteiger partial charge in [-0.25, -0.2) is 9.97 Å². The molecule has 1 radical (unpaired) electrons. The monoisotopic (exact) mass is 613 g/mol. The first-order valence-corrected chi connectivity index (χ1v) is 16.1. The molecule has 0 aliphatic carbocycles. The van der Waals surface area contributed by atoms with E-state index in [-0.39, 0.29) is 0 Å². The normalized spacial score (nSPS) is 12.0. The lowest BCUT2D eigenvalue weighted by Gasteiger charge is -2.07. The van der Waals surface area contributed by atoms with Crippen LogP contribution in [0.4, 0.5) is 0 Å². The largest absolute Gasteiger partial charge is 0.354 e. The summed E-state index contributed by atoms with van der Waals surface area (Å²) in [6.45, 7) is 0. The van der Waals surface area contributed by atoms with Gasteiger partial charge >= 0.3 is 0 Å². The molecule has 4 aromatic carbocycles. The van der Waals surface area contributed by atoms with E-state index >= 15 is 0 Å². The van der Waals surface area contributed by atoms with Crippen LogP contribution in [0.5, 0.6) is 0 Å². The Bertz CT molecular complexity index is 2520. The average molecular weight is 614 g/mol. The lowest BCUT2D eigenvalue weighted by molar-refractivity contribution is 1.31. The zero-order valence-electron chi connectivity index (χ0n) is 26.0. The SMILES string of the molecule is [c]1c2nc(c(-c3ccccc3)c3ccc([nH]3)c(-c3ccccc3)c3nc(c(-c4ccccc4)c4[nH]c1cc4-c1ccccc1)C=C3)C=C2. The third-order valence-corrected chi connectivity index (χ3v) is 8.88. The van der Waals surface area contributed by atoms with Crippen LogP contribution in [0.15, 0.2) is 140 Å². The first-order valence-electron chi connectivity index (χ1n) is 16.1. The summed E-state index contributed by atoms with van der Waals surface area (Å²) in [4.78, 5) is 18.0. The van der Waals surface area contributed by atoms with Crippen molar-refractivity contribution in [1.29, 1.82) is 0 Å². The highest BCUT2D eigenvalue weighted by Gasteiger charge is 2.18. The number of aromatic nitrogens is 4. The fraction of sp³-hybridized carbons (Fsp3) is 0. The topological polar surface area (TPSA) is 57.4 Å². The molecule has 2 N–H and O–H groups in total. The Labute approximate surface area is 278 Å². The minimum absolute atomic E-state index is 0.760. The van der Waals surface area contributed by atoms with Crippen LogP contribution in [0.2, 0.25) is 0 Å². The number of aromatic amines is 2. The molecule has 8 bridgehead atoms. The van der Waals surface area contributed by atoms with Gasteiger partial charge in [0.25, 0.3) is 0 Å². The molecule has 225 valence electrons. The summed E-state index contributed by atoms with van der Waals surface area (Å²) < 4.78 is 0. The molecule has 0 spiro atoms. The number of hydrogen-bond donors (Lipinski definition) is 2. The molecule has 9 rings (SSSR count). The molecule has 48 heavy (non-hydrogen) atoms. The van der Waals surface area contributed by atoms with Crippen LogP contribution in [-0.2, 0) is 0 Å². The second-order valence-corrected chi connectivity index (χ2v) is 11.9. The van der Waals surface area contributed by atoms with E-state index in [9.17, 15) is 0 Å². The predicted octanol–water partition coefficient (Wildman–Crippen LogP) is 11.1. The zero-order valence-corrected chi connectivity index (χ0v) is 26.0. The summed E-state index contributed by atoms with van der Waals surface area (Å²) in [5, 5.41) is 0. The molecule has 2 aliphatic rings. The van der Waals surface area contributed by atoms with Crippen LogP contribution in [-0.4, -0.2) is 19.9 Å². The first kappa shape index (κ1) is 27.8. The first-order chi connectivity index (χ1) is 23.8. The molecular weight excluding hydrogens is 585 g/mol. The molecule has 0 saturated heterocycles. The Hall–Kier alpha value is -6.52. The highest BCUT2D eigenvalue weighted by atomic mass is 14.8. The maximum absolute atomic E-state index is 5.39. The molecule has 3 aromatic heterocycles. The van der Waals surface area contributed by atoms with Gasteiger partial charge in [0.15, 0.2) is 0 Å². The summed E-state index contributed by atoms with van der Waals surface area (Å²) in [5.74, 6) is 0. The van der Waals surface area contributed by atoms with Crippen molar-refractivity contribution in [2.45, 2.75) is 0 Å². The zero-order chi connectivity index (χ0) is 31.9. The van der Waals surface area contributed by atoms with Gasteiger partial charge in [0.05, 0.1) is 28.3 Å². The number of fused-ring (bicyclic) bond motifs is 8. The summed E-state index contributed by atoms with van der Waals surface area (Å²) in [5.41, 5.74) is 15.8. The number of benzene rings is 4. The van der Waals surface area contributed by atoms with Gasteiger partial charge in [-0.15, -0.1) is 0 Å². The molecule has 0 unspecified atom stereocenters. The van der Waals surface area contributed by atoms with Crippen LogP contribution in [0, 0.1) is 6.07 Å². The minimum Gasteiger partial charge on any atom is -0.354 e. The van der Waals surface area contributed by atoms with Crippen LogP contribution in [0.3, 0.4) is 0 Å². The molecule has 0 fully saturated rings. The van der Waals surface area contributed by atoms with Crippen LogP contribution < -0.4 is 0 Å². The number of hydrogen-bond acceptors (Lipinski definition) is 2. The third kappa shape index (κ3) is 4.97. The van der Waals surface area contributed by atoms with Crippen LogP contribution in [0.1, 0.15) is 22.8 Å². The van der Waals surface area contributed by atoms with Crippen molar-refractivity contribution in [3.8, 4) is 44.5 Å². The summed E-state index contributed by atoms with van der Waals surface area (Å²) >= 11 is 0. The van der Waals surface area contributed by atoms with Gasteiger partial charge in [0.1, 0.15) is 0 Å². The number of nitrogens with zero attached hydrogens (tertiary/aromatic N) is 2. The maximum atomic E-state index is 5.39. The Kier molecular flexibility index (Phi) is 6.76. The molecule has 7 aromatic rings. The van der Waals surface area contributed by atoms with E-state index in [1.165, 1.54) is 0 Å². The van der Waals surface area contributed by atoms with E-state index in [1.807, 2.05) is 30.3 Å². The second kappa shape index (κ2) is 11.7. The van der Waals surface area contributed by atoms with E-state index in [1.54, 1.807) is 0 Å². The van der Waals surface area contributed by atoms with Gasteiger partial charge in [-0.2, -0.15) is 0 Å². The van der Waals surface area contributed by atoms with Gasteiger partial charge in [-0.1, -0.05) is 121 Å². The molecule has 4 nitrogen and oxygen atoms in total. The molecule has 2 aliphatic heterocycles. The van der Waals surface area contributed by atoms with E-state index in [0.717, 1.165) is 89.4 Å². The van der Waals surface area contributed by atoms with Crippen molar-refractivity contribution >= 4 is 46.4 Å². The minimum atomic E-state index is 0.760. The Morgan fingerprint density at radius 3 is 1.44 bits per heavy atom. The van der Waals surface area contributed by atoms with Crippen LogP contribution in [0.25, 0.3) is 90.9 Å². The highest BCUT2D eigenvalue weighted by Crippen LogP contribution is 2.38. The molecule has 0 amide bonds. The molecule has 5 heterocycles. The van der Waals surface area contributed by atoms with Crippen molar-refractivity contribution in [2.75, 3.05) is 0 Å². The maximum Gasteiger partial charge on any atom is 0.0738 e. The van der Waals surface area contributed by atoms with Crippen molar-refractivity contribution in [3.63, 3.8) is 0 Å². The summed E-state index contributed by atoms with van der Waals surface area (Å²) in [6.07, 6.45) is 8.39. The van der Waals surface area contributed by atoms with Gasteiger partial charge in [0, 0.05) is 44.9 Å². The van der Waals surface area contributed by atoms with Crippen molar-refractivity contribution in [3.05, 3.63) is 168 Å². The van der Waals surface area contributed by atoms with Crippen molar-refractivity contribution in [2.24, 2.45) is 0 Å². The lowest BCUT2D eigenvalue weighted by Crippen LogP contribution is -1.89. The quantitative estimate of drug-likeness (QED) is 0.207. The second-order valence-electron chi connectivity index (χ2n) is 11.9. The Balaban J connectivity index is 1.48. The van der Waals surface area contributed by atoms with Crippen molar-refractivity contribution < 1.29 is 0 Å². The predicted molar refractivity (Wildman–Crippen MR) is 199 cm³/mol. The third-order valence-electron chi connectivity index (χ3n) is 8.88. The standard InChI is InChI=1S/C44H29N4/c1-5-13-29(14-6-1)35-28-34-27-33-21-22-36(45-33)41(30-15-7-2-8-16-30)37-23-24-38(47-37)42(31-17-9-3-10-18-31)39-25-26-40(48-39)43(44(35)46-34)32-19-11-4-12-20-32/h1-26,28,46-47H. The molecule has 0 saturated carbocycles. The summed E-state index contributed by atoms with van der Waals surface area (Å²) in [6, 6.07) is 52.0. The van der Waals surface area contributed by atoms with E-state index in [2.05, 4.69) is 150 Å². The molecule has 4 heteroatoms. The van der Waals surface area contributed by atoms with E-state index < -0.39 is 0 Å². The summed E-state index contributed by atoms with van der Waals surface area (Å²) in [7, 11) is 0. The van der Waals surface area contributed by atoms with Gasteiger partial charge < -0.3 is 9.97 Å². The molecule has 0 atom stereocenters. The van der Waals surface area contributed by atoms with Gasteiger partial charge in [0.2, 0.25) is 0 Å². The average Bonchev–Trinajstić information content (AvgIpc) is 3.97. The van der Waals surface area contributed by atoms with Gasteiger partial charge in [-0.05, 0) is 64.8 Å². The van der Waals surface area contributed by atoms with E-state index in [0.29, 0.717) is 0 Å². The molecular formula is C44H29N4. The number of rotatable bonds is 4. The fourth-order valence-corrected chi connectivity index (χ4v) is 6.72.